The second-order valence-electron chi connectivity index (χ2n) is 25.7. The number of azo groups is 2. The number of anilines is 2. The number of esters is 3. The number of aliphatic hydroxyl groups is 2. The van der Waals surface area contributed by atoms with Gasteiger partial charge in [0.1, 0.15) is 49.4 Å². The van der Waals surface area contributed by atoms with E-state index in [9.17, 15) is 43.8 Å². The van der Waals surface area contributed by atoms with Crippen molar-refractivity contribution in [1.29, 1.82) is 0 Å². The van der Waals surface area contributed by atoms with E-state index < -0.39 is 45.4 Å². The second kappa shape index (κ2) is 49.3. The fourth-order valence-corrected chi connectivity index (χ4v) is 9.61. The largest absolute Gasteiger partial charge is 0.510 e. The number of carbonyl (C=O) groups excluding carboxylic acids is 5. The number of thioether (sulfide) groups is 2. The number of aliphatic carboxylic acids is 2. The van der Waals surface area contributed by atoms with Crippen molar-refractivity contribution in [2.24, 2.45) is 42.1 Å². The first kappa shape index (κ1) is 88.8. The molecule has 0 aliphatic heterocycles. The highest BCUT2D eigenvalue weighted by atomic mass is 32.2. The van der Waals surface area contributed by atoms with Crippen LogP contribution < -0.4 is 20.1 Å². The average molecular weight is 1420 g/mol. The quantitative estimate of drug-likeness (QED) is 0.00600. The zero-order valence-electron chi connectivity index (χ0n) is 60.7. The number of carboxylic acids is 2. The van der Waals surface area contributed by atoms with E-state index in [2.05, 4.69) is 44.9 Å². The van der Waals surface area contributed by atoms with Crippen molar-refractivity contribution < 1.29 is 77.7 Å². The summed E-state index contributed by atoms with van der Waals surface area (Å²) < 4.78 is 27.4. The molecule has 4 aromatic carbocycles. The lowest BCUT2D eigenvalue weighted by Gasteiger charge is -2.22. The summed E-state index contributed by atoms with van der Waals surface area (Å²) in [5.74, 6) is -0.522. The number of carboxylic acid groups (broad SMARTS) is 2. The lowest BCUT2D eigenvalue weighted by Crippen LogP contribution is -2.30. The molecule has 0 aliphatic carbocycles. The minimum atomic E-state index is -0.773. The molecule has 0 fully saturated rings. The Labute approximate surface area is 595 Å². The molecule has 0 saturated heterocycles. The summed E-state index contributed by atoms with van der Waals surface area (Å²) in [6.07, 6.45) is 14.4. The third-order valence-corrected chi connectivity index (χ3v) is 17.8. The van der Waals surface area contributed by atoms with Crippen molar-refractivity contribution in [2.45, 2.75) is 180 Å². The predicted octanol–water partition coefficient (Wildman–Crippen LogP) is 18.6. The van der Waals surface area contributed by atoms with Crippen LogP contribution in [0.5, 0.6) is 11.5 Å². The number of allylic oxidation sites excluding steroid dienone is 2. The Bertz CT molecular complexity index is 3120. The van der Waals surface area contributed by atoms with Crippen LogP contribution in [-0.2, 0) is 47.8 Å². The van der Waals surface area contributed by atoms with E-state index in [1.807, 2.05) is 39.8 Å². The van der Waals surface area contributed by atoms with E-state index >= 15 is 0 Å². The molecule has 4 aromatic rings. The summed E-state index contributed by atoms with van der Waals surface area (Å²) >= 11 is 3.16. The van der Waals surface area contributed by atoms with Gasteiger partial charge in [-0.15, -0.1) is 22.0 Å². The van der Waals surface area contributed by atoms with Crippen molar-refractivity contribution in [3.05, 3.63) is 132 Å². The smallest absolute Gasteiger partial charge is 0.315 e. The minimum absolute atomic E-state index is 0.0576. The predicted molar refractivity (Wildman–Crippen MR) is 394 cm³/mol. The molecule has 2 amide bonds. The number of nitrogens with one attached hydrogen (secondary N) is 2. The molecule has 24 heteroatoms. The van der Waals surface area contributed by atoms with Crippen molar-refractivity contribution in [2.75, 3.05) is 66.7 Å². The number of amides is 2. The number of benzene rings is 4. The molecule has 0 aromatic heterocycles. The van der Waals surface area contributed by atoms with Crippen LogP contribution in [0.3, 0.4) is 0 Å². The van der Waals surface area contributed by atoms with Gasteiger partial charge in [-0.2, -0.15) is 22.0 Å². The monoisotopic (exact) mass is 1410 g/mol. The van der Waals surface area contributed by atoms with Gasteiger partial charge in [0.05, 0.1) is 45.4 Å². The number of rotatable bonds is 41. The molecule has 6 N–H and O–H groups in total. The summed E-state index contributed by atoms with van der Waals surface area (Å²) in [4.78, 5) is 82.7. The molecule has 0 heterocycles. The maximum Gasteiger partial charge on any atom is 0.315 e. The standard InChI is InChI=1S/C33H45N3O7S.C30H41N3O5S.2C6H12O2/c1-5-6-7-8-9-13-20-42-29(38)23-44-24-33(3,4)32(40)43-22-21-41-28-18-16-26(17-19-28)34-31(39)30(25(2)37)36-35-27-14-11-10-12-15-27;1-5-6-7-8-12-21-39-22-30(3,4)29(36)38-20-19-37-26-17-15-24(16-18-26)31-28(35)27(23(2)34)33-32-25-13-10-9-11-14-25;2*1-4-6(2,3)5(7)8/h10-12,14-19,37H,5-9,13,20-24H2,1-4H3,(H,34,39);9-11,13-18,34H,5-8,12,19-22H2,1-4H3,(H,31,35);2*4H2,1-3H3,(H,7,8). The highest BCUT2D eigenvalue weighted by Crippen LogP contribution is 2.28. The van der Waals surface area contributed by atoms with Crippen molar-refractivity contribution in [3.8, 4) is 11.5 Å². The van der Waals surface area contributed by atoms with Crippen LogP contribution in [0, 0.1) is 21.7 Å². The van der Waals surface area contributed by atoms with Gasteiger partial charge in [0.15, 0.2) is 11.4 Å². The number of ether oxygens (including phenoxy) is 5. The molecule has 22 nitrogen and oxygen atoms in total. The summed E-state index contributed by atoms with van der Waals surface area (Å²) in [6, 6.07) is 31.1. The van der Waals surface area contributed by atoms with Gasteiger partial charge in [-0.05, 0) is 173 Å². The van der Waals surface area contributed by atoms with Crippen LogP contribution in [0.2, 0.25) is 0 Å². The van der Waals surface area contributed by atoms with E-state index in [4.69, 9.17) is 33.9 Å². The van der Waals surface area contributed by atoms with Crippen LogP contribution in [0.25, 0.3) is 0 Å². The van der Waals surface area contributed by atoms with Gasteiger partial charge in [-0.3, -0.25) is 33.6 Å². The molecule has 0 spiro atoms. The molecule has 0 aliphatic rings. The number of hydrogen-bond acceptors (Lipinski definition) is 20. The topological polar surface area (TPSA) is 320 Å². The summed E-state index contributed by atoms with van der Waals surface area (Å²) in [5, 5.41) is 57.8. The second-order valence-corrected chi connectivity index (χ2v) is 27.8. The molecule has 0 saturated carbocycles. The Morgan fingerprint density at radius 1 is 0.424 bits per heavy atom. The zero-order valence-corrected chi connectivity index (χ0v) is 62.4. The Balaban J connectivity index is 0.000000811. The maximum absolute atomic E-state index is 12.6. The lowest BCUT2D eigenvalue weighted by molar-refractivity contribution is -0.154. The highest BCUT2D eigenvalue weighted by Gasteiger charge is 2.31. The molecule has 0 radical (unpaired) electrons. The Morgan fingerprint density at radius 3 is 1.14 bits per heavy atom. The Hall–Kier alpha value is -8.25. The normalized spacial score (nSPS) is 12.0. The lowest BCUT2D eigenvalue weighted by atomic mass is 9.91. The number of nitrogens with zero attached hydrogens (tertiary/aromatic N) is 4. The van der Waals surface area contributed by atoms with Crippen molar-refractivity contribution in [3.63, 3.8) is 0 Å². The van der Waals surface area contributed by atoms with Crippen LogP contribution in [0.15, 0.2) is 153 Å². The molecular formula is C75H110N6O16S2. The van der Waals surface area contributed by atoms with Gasteiger partial charge in [-0.1, -0.05) is 122 Å². The molecular weight excluding hydrogens is 1300 g/mol. The summed E-state index contributed by atoms with van der Waals surface area (Å²) in [5.41, 5.74) is -0.726. The fraction of sp³-hybridized carbons (Fsp3) is 0.533. The Kier molecular flexibility index (Phi) is 44.2. The summed E-state index contributed by atoms with van der Waals surface area (Å²) in [6.45, 7) is 26.1. The van der Waals surface area contributed by atoms with Gasteiger partial charge < -0.3 is 54.7 Å². The molecule has 0 atom stereocenters. The van der Waals surface area contributed by atoms with Crippen LogP contribution in [-0.4, -0.2) is 118 Å². The van der Waals surface area contributed by atoms with Crippen molar-refractivity contribution in [1.82, 2.24) is 0 Å². The van der Waals surface area contributed by atoms with Gasteiger partial charge >= 0.3 is 29.8 Å². The van der Waals surface area contributed by atoms with Crippen LogP contribution in [0.1, 0.15) is 180 Å². The number of aliphatic hydroxyl groups excluding tert-OH is 2. The molecule has 548 valence electrons. The molecule has 0 bridgehead atoms. The first-order valence-corrected chi connectivity index (χ1v) is 36.1. The van der Waals surface area contributed by atoms with Gasteiger partial charge in [0.25, 0.3) is 11.8 Å². The highest BCUT2D eigenvalue weighted by molar-refractivity contribution is 8.00. The van der Waals surface area contributed by atoms with E-state index in [1.54, 1.807) is 150 Å². The molecule has 99 heavy (non-hydrogen) atoms. The van der Waals surface area contributed by atoms with Gasteiger partial charge in [0, 0.05) is 22.9 Å². The van der Waals surface area contributed by atoms with E-state index in [0.29, 0.717) is 59.4 Å². The molecule has 0 unspecified atom stereocenters. The third-order valence-electron chi connectivity index (χ3n) is 14.9. The first-order valence-electron chi connectivity index (χ1n) is 33.8. The maximum atomic E-state index is 12.6. The molecule has 4 rings (SSSR count). The third kappa shape index (κ3) is 39.8. The minimum Gasteiger partial charge on any atom is -0.510 e. The number of unbranched alkanes of at least 4 members (excludes halogenated alkanes) is 9. The van der Waals surface area contributed by atoms with E-state index in [1.165, 1.54) is 83.4 Å². The van der Waals surface area contributed by atoms with Gasteiger partial charge in [0.2, 0.25) is 0 Å². The SMILES string of the molecule is CCC(C)(C)C(=O)O.CCC(C)(C)C(=O)O.CCCCCCCCOC(=O)CSCC(C)(C)C(=O)OCCOc1ccc(NC(=O)C(N=Nc2ccccc2)=C(C)O)cc1.CCCCCCCSCC(C)(C)C(=O)OCCOc1ccc(NC(=O)C(N=Nc2ccccc2)=C(C)O)cc1. The van der Waals surface area contributed by atoms with Crippen LogP contribution >= 0.6 is 23.5 Å². The average Bonchev–Trinajstić information content (AvgIpc) is 0.985. The fourth-order valence-electron chi connectivity index (χ4n) is 7.45. The van der Waals surface area contributed by atoms with Crippen LogP contribution in [0.4, 0.5) is 22.7 Å². The van der Waals surface area contributed by atoms with Crippen molar-refractivity contribution >= 4 is 87.9 Å². The summed E-state index contributed by atoms with van der Waals surface area (Å²) in [7, 11) is 0. The van der Waals surface area contributed by atoms with E-state index in [0.717, 1.165) is 24.3 Å². The van der Waals surface area contributed by atoms with Gasteiger partial charge in [-0.25, -0.2) is 0 Å². The van der Waals surface area contributed by atoms with E-state index in [-0.39, 0.29) is 73.0 Å². The first-order chi connectivity index (χ1) is 46.9. The zero-order chi connectivity index (χ0) is 74.3. The Morgan fingerprint density at radius 2 is 0.788 bits per heavy atom. The number of hydrogen-bond donors (Lipinski definition) is 6. The number of carbonyl (C=O) groups is 7.